The summed E-state index contributed by atoms with van der Waals surface area (Å²) in [6.07, 6.45) is 0. The lowest BCUT2D eigenvalue weighted by molar-refractivity contribution is 0.390. The molecule has 0 aliphatic rings. The number of nitrogens with zero attached hydrogens (tertiary/aromatic N) is 1. The van der Waals surface area contributed by atoms with E-state index < -0.39 is 10.0 Å². The van der Waals surface area contributed by atoms with Crippen molar-refractivity contribution >= 4 is 21.8 Å². The van der Waals surface area contributed by atoms with Crippen LogP contribution in [-0.4, -0.2) is 25.9 Å². The van der Waals surface area contributed by atoms with Crippen LogP contribution in [0, 0.1) is 20.8 Å². The van der Waals surface area contributed by atoms with Crippen molar-refractivity contribution in [2.75, 3.05) is 12.3 Å². The van der Waals surface area contributed by atoms with E-state index in [1.165, 1.54) is 5.56 Å². The molecule has 0 amide bonds. The van der Waals surface area contributed by atoms with Gasteiger partial charge in [0, 0.05) is 17.2 Å². The summed E-state index contributed by atoms with van der Waals surface area (Å²) >= 11 is 1.61. The predicted octanol–water partition coefficient (Wildman–Crippen LogP) is 2.67. The first kappa shape index (κ1) is 16.1. The number of nitrogens with one attached hydrogen (secondary N) is 1. The fourth-order valence-electron chi connectivity index (χ4n) is 1.91. The molecular formula is C14H18N2O3S2. The van der Waals surface area contributed by atoms with E-state index in [0.717, 1.165) is 4.90 Å². The number of rotatable bonds is 6. The van der Waals surface area contributed by atoms with Gasteiger partial charge in [-0.15, -0.1) is 11.8 Å². The smallest absolute Gasteiger partial charge is 0.245 e. The highest BCUT2D eigenvalue weighted by Crippen LogP contribution is 2.20. The van der Waals surface area contributed by atoms with Gasteiger partial charge in [0.25, 0.3) is 0 Å². The standard InChI is InChI=1S/C14H18N2O3S2/c1-10-4-6-13(7-5-10)20-9-8-15-21(17,18)14-11(2)16-19-12(14)3/h4-7,15H,8-9H2,1-3H3. The van der Waals surface area contributed by atoms with Gasteiger partial charge in [-0.25, -0.2) is 13.1 Å². The number of hydrogen-bond donors (Lipinski definition) is 1. The van der Waals surface area contributed by atoms with Gasteiger partial charge in [-0.05, 0) is 32.9 Å². The van der Waals surface area contributed by atoms with Crippen molar-refractivity contribution in [2.45, 2.75) is 30.6 Å². The second kappa shape index (κ2) is 6.64. The van der Waals surface area contributed by atoms with Gasteiger partial charge in [0.15, 0.2) is 5.76 Å². The van der Waals surface area contributed by atoms with Gasteiger partial charge in [-0.2, -0.15) is 0 Å². The van der Waals surface area contributed by atoms with Crippen molar-refractivity contribution < 1.29 is 12.9 Å². The van der Waals surface area contributed by atoms with Crippen molar-refractivity contribution in [3.05, 3.63) is 41.3 Å². The van der Waals surface area contributed by atoms with Crippen molar-refractivity contribution in [2.24, 2.45) is 0 Å². The lowest BCUT2D eigenvalue weighted by atomic mass is 10.2. The average molecular weight is 326 g/mol. The first-order chi connectivity index (χ1) is 9.90. The summed E-state index contributed by atoms with van der Waals surface area (Å²) in [7, 11) is -3.56. The molecule has 2 rings (SSSR count). The maximum Gasteiger partial charge on any atom is 0.245 e. The zero-order valence-electron chi connectivity index (χ0n) is 12.2. The number of thioether (sulfide) groups is 1. The van der Waals surface area contributed by atoms with E-state index in [0.29, 0.717) is 23.8 Å². The molecule has 0 saturated heterocycles. The minimum atomic E-state index is -3.56. The highest BCUT2D eigenvalue weighted by atomic mass is 32.2. The minimum Gasteiger partial charge on any atom is -0.360 e. The molecule has 0 aliphatic carbocycles. The van der Waals surface area contributed by atoms with E-state index >= 15 is 0 Å². The molecule has 0 fully saturated rings. The van der Waals surface area contributed by atoms with Gasteiger partial charge in [0.05, 0.1) is 0 Å². The molecule has 21 heavy (non-hydrogen) atoms. The summed E-state index contributed by atoms with van der Waals surface area (Å²) in [4.78, 5) is 1.26. The second-order valence-corrected chi connectivity index (χ2v) is 7.58. The molecule has 114 valence electrons. The minimum absolute atomic E-state index is 0.142. The van der Waals surface area contributed by atoms with Crippen LogP contribution in [0.5, 0.6) is 0 Å². The summed E-state index contributed by atoms with van der Waals surface area (Å²) < 4.78 is 31.8. The Kier molecular flexibility index (Phi) is 5.08. The molecule has 1 aromatic heterocycles. The van der Waals surface area contributed by atoms with E-state index in [2.05, 4.69) is 9.88 Å². The van der Waals surface area contributed by atoms with Crippen molar-refractivity contribution in [1.82, 2.24) is 9.88 Å². The van der Waals surface area contributed by atoms with Crippen LogP contribution >= 0.6 is 11.8 Å². The topological polar surface area (TPSA) is 72.2 Å². The Morgan fingerprint density at radius 1 is 1.19 bits per heavy atom. The maximum atomic E-state index is 12.2. The van der Waals surface area contributed by atoms with Gasteiger partial charge in [0.2, 0.25) is 10.0 Å². The predicted molar refractivity (Wildman–Crippen MR) is 83.1 cm³/mol. The molecule has 1 N–H and O–H groups in total. The summed E-state index contributed by atoms with van der Waals surface area (Å²) in [6.45, 7) is 5.60. The second-order valence-electron chi connectivity index (χ2n) is 4.71. The largest absolute Gasteiger partial charge is 0.360 e. The Balaban J connectivity index is 1.90. The normalized spacial score (nSPS) is 11.8. The lowest BCUT2D eigenvalue weighted by Crippen LogP contribution is -2.26. The molecule has 5 nitrogen and oxygen atoms in total. The quantitative estimate of drug-likeness (QED) is 0.653. The highest BCUT2D eigenvalue weighted by molar-refractivity contribution is 7.99. The molecule has 2 aromatic rings. The fourth-order valence-corrected chi connectivity index (χ4v) is 4.16. The Hall–Kier alpha value is -1.31. The Bertz CT molecular complexity index is 687. The SMILES string of the molecule is Cc1ccc(SCCNS(=O)(=O)c2c(C)noc2C)cc1. The Labute approximate surface area is 129 Å². The summed E-state index contributed by atoms with van der Waals surface area (Å²) in [6, 6.07) is 8.14. The monoisotopic (exact) mass is 326 g/mol. The van der Waals surface area contributed by atoms with Crippen molar-refractivity contribution in [1.29, 1.82) is 0 Å². The van der Waals surface area contributed by atoms with Gasteiger partial charge in [0.1, 0.15) is 10.6 Å². The van der Waals surface area contributed by atoms with Crippen LogP contribution in [0.15, 0.2) is 38.6 Å². The number of benzene rings is 1. The summed E-state index contributed by atoms with van der Waals surface area (Å²) in [5.74, 6) is 0.970. The number of aromatic nitrogens is 1. The third-order valence-corrected chi connectivity index (χ3v) is 5.64. The van der Waals surface area contributed by atoms with Crippen LogP contribution in [0.1, 0.15) is 17.0 Å². The molecule has 7 heteroatoms. The molecule has 0 spiro atoms. The zero-order chi connectivity index (χ0) is 15.5. The number of sulfonamides is 1. The Morgan fingerprint density at radius 3 is 2.43 bits per heavy atom. The third kappa shape index (κ3) is 4.09. The lowest BCUT2D eigenvalue weighted by Gasteiger charge is -2.06. The zero-order valence-corrected chi connectivity index (χ0v) is 13.8. The van der Waals surface area contributed by atoms with Crippen LogP contribution < -0.4 is 4.72 Å². The maximum absolute atomic E-state index is 12.2. The van der Waals surface area contributed by atoms with E-state index in [9.17, 15) is 8.42 Å². The Morgan fingerprint density at radius 2 is 1.86 bits per heavy atom. The van der Waals surface area contributed by atoms with E-state index in [4.69, 9.17) is 4.52 Å². The van der Waals surface area contributed by atoms with Crippen LogP contribution in [0.2, 0.25) is 0 Å². The molecule has 0 saturated carbocycles. The molecule has 0 radical (unpaired) electrons. The first-order valence-corrected chi connectivity index (χ1v) is 8.99. The molecule has 0 unspecified atom stereocenters. The van der Waals surface area contributed by atoms with Crippen molar-refractivity contribution in [3.63, 3.8) is 0 Å². The van der Waals surface area contributed by atoms with Gasteiger partial charge < -0.3 is 4.52 Å². The third-order valence-electron chi connectivity index (χ3n) is 2.92. The van der Waals surface area contributed by atoms with E-state index in [1.54, 1.807) is 25.6 Å². The van der Waals surface area contributed by atoms with Crippen LogP contribution in [-0.2, 0) is 10.0 Å². The van der Waals surface area contributed by atoms with Gasteiger partial charge >= 0.3 is 0 Å². The van der Waals surface area contributed by atoms with Crippen LogP contribution in [0.4, 0.5) is 0 Å². The van der Waals surface area contributed by atoms with Gasteiger partial charge in [-0.1, -0.05) is 22.9 Å². The molecule has 0 aliphatic heterocycles. The average Bonchev–Trinajstić information content (AvgIpc) is 2.77. The van der Waals surface area contributed by atoms with Gasteiger partial charge in [-0.3, -0.25) is 0 Å². The first-order valence-electron chi connectivity index (χ1n) is 6.52. The molecule has 1 aromatic carbocycles. The van der Waals surface area contributed by atoms with Crippen LogP contribution in [0.3, 0.4) is 0 Å². The highest BCUT2D eigenvalue weighted by Gasteiger charge is 2.23. The molecular weight excluding hydrogens is 308 g/mol. The van der Waals surface area contributed by atoms with E-state index in [-0.39, 0.29) is 4.90 Å². The number of hydrogen-bond acceptors (Lipinski definition) is 5. The summed E-state index contributed by atoms with van der Waals surface area (Å²) in [5, 5.41) is 3.67. The number of aryl methyl sites for hydroxylation is 3. The van der Waals surface area contributed by atoms with E-state index in [1.807, 2.05) is 31.2 Å². The molecule has 0 atom stereocenters. The van der Waals surface area contributed by atoms with Crippen molar-refractivity contribution in [3.8, 4) is 0 Å². The van der Waals surface area contributed by atoms with Crippen LogP contribution in [0.25, 0.3) is 0 Å². The molecule has 1 heterocycles. The molecule has 0 bridgehead atoms. The summed E-state index contributed by atoms with van der Waals surface area (Å²) in [5.41, 5.74) is 1.59. The fraction of sp³-hybridized carbons (Fsp3) is 0.357.